The molecule has 2 amide bonds. The van der Waals surface area contributed by atoms with E-state index in [0.29, 0.717) is 0 Å². The van der Waals surface area contributed by atoms with Crippen molar-refractivity contribution in [2.45, 2.75) is 57.0 Å². The first-order chi connectivity index (χ1) is 11.5. The van der Waals surface area contributed by atoms with Crippen molar-refractivity contribution in [3.8, 4) is 0 Å². The van der Waals surface area contributed by atoms with Gasteiger partial charge in [-0.2, -0.15) is 11.8 Å². The van der Waals surface area contributed by atoms with Crippen LogP contribution in [0.3, 0.4) is 0 Å². The van der Waals surface area contributed by atoms with E-state index in [2.05, 4.69) is 15.7 Å². The number of amides is 2. The molecule has 6 N–H and O–H groups in total. The molecule has 0 fully saturated rings. The van der Waals surface area contributed by atoms with Crippen LogP contribution in [0.4, 0.5) is 0 Å². The first-order valence-electron chi connectivity index (χ1n) is 8.09. The molecule has 9 heteroatoms. The monoisotopic (exact) mass is 364 g/mol. The summed E-state index contributed by atoms with van der Waals surface area (Å²) in [4.78, 5) is 35.4. The fourth-order valence-corrected chi connectivity index (χ4v) is 2.85. The minimum atomic E-state index is -1.27. The number of nitrogens with two attached hydrogens (primary N) is 1. The number of hydrogen-bond acceptors (Lipinski definition) is 7. The van der Waals surface area contributed by atoms with Crippen molar-refractivity contribution < 1.29 is 24.6 Å². The number of carboxylic acid groups (broad SMARTS) is 1. The van der Waals surface area contributed by atoms with Crippen LogP contribution in [0.25, 0.3) is 1.43 Å². The Morgan fingerprint density at radius 1 is 1.25 bits per heavy atom. The molecule has 0 aromatic rings. The Labute approximate surface area is 148 Å². The Balaban J connectivity index is 4.95. The van der Waals surface area contributed by atoms with Gasteiger partial charge in [0.2, 0.25) is 11.8 Å². The van der Waals surface area contributed by atoms with Crippen molar-refractivity contribution in [3.63, 3.8) is 0 Å². The summed E-state index contributed by atoms with van der Waals surface area (Å²) in [6.07, 6.45) is 1.44. The number of aliphatic carboxylic acids is 1. The summed E-state index contributed by atoms with van der Waals surface area (Å²) >= 11 is 1.60. The second-order valence-electron chi connectivity index (χ2n) is 6.46. The van der Waals surface area contributed by atoms with Gasteiger partial charge in [0, 0.05) is 10.8 Å². The first-order valence-corrected chi connectivity index (χ1v) is 8.90. The van der Waals surface area contributed by atoms with Crippen molar-refractivity contribution in [2.75, 3.05) is 12.9 Å². The third kappa shape index (κ3) is 7.06. The molecule has 0 aromatic carbocycles. The Bertz CT molecular complexity index is 476. The predicted octanol–water partition coefficient (Wildman–Crippen LogP) is -0.452. The van der Waals surface area contributed by atoms with E-state index in [1.54, 1.807) is 11.8 Å². The highest BCUT2D eigenvalue weighted by atomic mass is 32.2. The normalized spacial score (nSPS) is 15.9. The number of nitrogens with one attached hydrogen (secondary N) is 2. The van der Waals surface area contributed by atoms with Crippen LogP contribution in [0.2, 0.25) is 0 Å². The minimum Gasteiger partial charge on any atom is -0.481 e. The molecular weight excluding hydrogens is 334 g/mol. The van der Waals surface area contributed by atoms with Crippen LogP contribution >= 0.6 is 11.8 Å². The van der Waals surface area contributed by atoms with Gasteiger partial charge in [0.25, 0.3) is 1.43 Å². The molecule has 0 rings (SSSR count). The molecule has 0 heterocycles. The van der Waals surface area contributed by atoms with Crippen LogP contribution < -0.4 is 16.4 Å². The zero-order valence-electron chi connectivity index (χ0n) is 15.8. The highest BCUT2D eigenvalue weighted by molar-refractivity contribution is 8.00. The van der Waals surface area contributed by atoms with Gasteiger partial charge in [-0.1, -0.05) is 13.8 Å². The fourth-order valence-electron chi connectivity index (χ4n) is 2.27. The molecule has 0 aromatic heterocycles. The standard InChI is InChI=1S/C15H29N3O5S/c1-8(2)12(15(3,4)24-5)18-14(23)10(7-19)17-13(22)9(16)6-11(20)21/h8-10,12,19H,6-7,16H2,1-5H3,(H,17,22)(H,18,23)(H,20,21)/t9-,10-,12?/m0/s1/i/hD. The maximum absolute atomic E-state index is 12.4. The van der Waals surface area contributed by atoms with Crippen molar-refractivity contribution in [1.29, 1.82) is 1.43 Å². The third-order valence-corrected chi connectivity index (χ3v) is 5.08. The van der Waals surface area contributed by atoms with Gasteiger partial charge in [-0.15, -0.1) is 0 Å². The number of rotatable bonds is 10. The third-order valence-electron chi connectivity index (χ3n) is 3.78. The summed E-state index contributed by atoms with van der Waals surface area (Å²) in [6, 6.07) is -2.65. The molecule has 1 unspecified atom stereocenters. The zero-order chi connectivity index (χ0) is 19.8. The summed E-state index contributed by atoms with van der Waals surface area (Å²) in [5.74, 6) is -2.15. The van der Waals surface area contributed by atoms with Crippen LogP contribution in [-0.4, -0.2) is 63.7 Å². The van der Waals surface area contributed by atoms with Gasteiger partial charge < -0.3 is 26.6 Å². The van der Waals surface area contributed by atoms with Gasteiger partial charge in [0.15, 0.2) is 0 Å². The molecule has 3 atom stereocenters. The van der Waals surface area contributed by atoms with E-state index in [9.17, 15) is 19.5 Å². The summed E-state index contributed by atoms with van der Waals surface area (Å²) < 4.78 is 6.19. The molecule has 0 aliphatic heterocycles. The van der Waals surface area contributed by atoms with Crippen molar-refractivity contribution in [1.82, 2.24) is 10.6 Å². The highest BCUT2D eigenvalue weighted by Gasteiger charge is 2.34. The average Bonchev–Trinajstić information content (AvgIpc) is 2.55. The number of carbonyl (C=O) groups excluding carboxylic acids is 2. The van der Waals surface area contributed by atoms with Gasteiger partial charge in [-0.25, -0.2) is 0 Å². The molecule has 0 spiro atoms. The molecule has 24 heavy (non-hydrogen) atoms. The summed E-state index contributed by atoms with van der Waals surface area (Å²) in [7, 11) is 0. The van der Waals surface area contributed by atoms with Gasteiger partial charge in [-0.3, -0.25) is 14.4 Å². The van der Waals surface area contributed by atoms with Crippen LogP contribution in [0.15, 0.2) is 0 Å². The molecule has 0 radical (unpaired) electrons. The summed E-state index contributed by atoms with van der Waals surface area (Å²) in [5, 5.41) is 18.3. The Hall–Kier alpha value is -1.32. The molecule has 0 aliphatic carbocycles. The van der Waals surface area contributed by atoms with Gasteiger partial charge in [-0.05, 0) is 26.0 Å². The SMILES string of the molecule is [2H]OC(=O)C[C@H](N)C(=O)N[C@@H](CO)C(=O)NC(C(C)C)C(C)(C)SC. The van der Waals surface area contributed by atoms with Gasteiger partial charge in [0.1, 0.15) is 6.04 Å². The van der Waals surface area contributed by atoms with E-state index in [1.165, 1.54) is 0 Å². The maximum atomic E-state index is 12.4. The largest absolute Gasteiger partial charge is 0.481 e. The van der Waals surface area contributed by atoms with E-state index < -0.39 is 42.9 Å². The number of hydrogen-bond donors (Lipinski definition) is 5. The second kappa shape index (κ2) is 9.85. The topological polar surface area (TPSA) is 142 Å². The van der Waals surface area contributed by atoms with Gasteiger partial charge in [0.05, 0.1) is 19.1 Å². The lowest BCUT2D eigenvalue weighted by atomic mass is 9.92. The van der Waals surface area contributed by atoms with Crippen LogP contribution in [0.1, 0.15) is 34.1 Å². The van der Waals surface area contributed by atoms with E-state index in [4.69, 9.17) is 7.16 Å². The zero-order valence-corrected chi connectivity index (χ0v) is 15.6. The lowest BCUT2D eigenvalue weighted by molar-refractivity contribution is -0.139. The lowest BCUT2D eigenvalue weighted by Crippen LogP contribution is -2.58. The van der Waals surface area contributed by atoms with E-state index in [-0.39, 0.29) is 16.7 Å². The smallest absolute Gasteiger partial charge is 0.305 e. The van der Waals surface area contributed by atoms with Crippen LogP contribution in [0, 0.1) is 5.92 Å². The molecule has 0 aliphatic rings. The Kier molecular flexibility index (Phi) is 8.51. The molecule has 0 bridgehead atoms. The molecule has 8 nitrogen and oxygen atoms in total. The number of aliphatic hydroxyl groups excluding tert-OH is 1. The van der Waals surface area contributed by atoms with Crippen molar-refractivity contribution >= 4 is 29.5 Å². The highest BCUT2D eigenvalue weighted by Crippen LogP contribution is 2.29. The number of carboxylic acids is 1. The predicted molar refractivity (Wildman–Crippen MR) is 93.6 cm³/mol. The fraction of sp³-hybridized carbons (Fsp3) is 0.800. The Morgan fingerprint density at radius 2 is 1.83 bits per heavy atom. The summed E-state index contributed by atoms with van der Waals surface area (Å²) in [5.41, 5.74) is 5.52. The van der Waals surface area contributed by atoms with Crippen LogP contribution in [0.5, 0.6) is 0 Å². The Morgan fingerprint density at radius 3 is 2.25 bits per heavy atom. The molecular formula is C15H29N3O5S. The average molecular weight is 364 g/mol. The second-order valence-corrected chi connectivity index (χ2v) is 7.92. The molecule has 0 saturated heterocycles. The van der Waals surface area contributed by atoms with Crippen molar-refractivity contribution in [2.24, 2.45) is 11.7 Å². The maximum Gasteiger partial charge on any atom is 0.305 e. The minimum absolute atomic E-state index is 0.135. The number of aliphatic hydroxyl groups is 1. The van der Waals surface area contributed by atoms with Gasteiger partial charge >= 0.3 is 5.97 Å². The van der Waals surface area contributed by atoms with E-state index >= 15 is 0 Å². The molecule has 0 saturated carbocycles. The molecule has 140 valence electrons. The van der Waals surface area contributed by atoms with E-state index in [1.807, 2.05) is 34.0 Å². The lowest BCUT2D eigenvalue weighted by Gasteiger charge is -2.37. The number of thioether (sulfide) groups is 1. The van der Waals surface area contributed by atoms with Crippen LogP contribution in [-0.2, 0) is 14.4 Å². The quantitative estimate of drug-likeness (QED) is 0.353. The first kappa shape index (κ1) is 20.7. The van der Waals surface area contributed by atoms with E-state index in [0.717, 1.165) is 0 Å². The number of carbonyl (C=O) groups is 3. The van der Waals surface area contributed by atoms with Crippen molar-refractivity contribution in [3.05, 3.63) is 0 Å². The summed E-state index contributed by atoms with van der Waals surface area (Å²) in [6.45, 7) is 7.32.